The van der Waals surface area contributed by atoms with E-state index in [1.54, 1.807) is 18.4 Å². The topological polar surface area (TPSA) is 51.2 Å². The Hall–Kier alpha value is -2.66. The van der Waals surface area contributed by atoms with Crippen LogP contribution in [0.1, 0.15) is 36.0 Å². The lowest BCUT2D eigenvalue weighted by Crippen LogP contribution is -2.32. The summed E-state index contributed by atoms with van der Waals surface area (Å²) in [6.45, 7) is 6.22. The van der Waals surface area contributed by atoms with E-state index in [9.17, 15) is 4.79 Å². The predicted molar refractivity (Wildman–Crippen MR) is 115 cm³/mol. The van der Waals surface area contributed by atoms with Crippen molar-refractivity contribution in [1.82, 2.24) is 10.3 Å². The molecule has 2 aromatic carbocycles. The van der Waals surface area contributed by atoms with Gasteiger partial charge in [-0.15, -0.1) is 11.3 Å². The number of hydrogen-bond donors (Lipinski definition) is 1. The fraction of sp³-hybridized carbons (Fsp3) is 0.304. The number of benzene rings is 2. The molecule has 1 amide bonds. The molecule has 1 unspecified atom stereocenters. The third kappa shape index (κ3) is 4.98. The van der Waals surface area contributed by atoms with Crippen LogP contribution in [0.15, 0.2) is 53.9 Å². The zero-order chi connectivity index (χ0) is 20.1. The Morgan fingerprint density at radius 3 is 2.32 bits per heavy atom. The first-order valence-electron chi connectivity index (χ1n) is 9.41. The summed E-state index contributed by atoms with van der Waals surface area (Å²) in [4.78, 5) is 17.1. The molecule has 0 bridgehead atoms. The van der Waals surface area contributed by atoms with Crippen molar-refractivity contribution < 1.29 is 9.53 Å². The summed E-state index contributed by atoms with van der Waals surface area (Å²) < 4.78 is 5.22. The van der Waals surface area contributed by atoms with Crippen LogP contribution in [0.5, 0.6) is 5.75 Å². The minimum atomic E-state index is -0.0318. The maximum Gasteiger partial charge on any atom is 0.224 e. The first-order chi connectivity index (χ1) is 13.5. The molecule has 146 valence electrons. The molecule has 0 fully saturated rings. The van der Waals surface area contributed by atoms with Gasteiger partial charge in [-0.1, -0.05) is 50.2 Å². The number of ether oxygens (including phenoxy) is 1. The molecule has 4 nitrogen and oxygen atoms in total. The van der Waals surface area contributed by atoms with E-state index in [-0.39, 0.29) is 17.9 Å². The molecule has 5 heteroatoms. The first-order valence-corrected chi connectivity index (χ1v) is 10.3. The second kappa shape index (κ2) is 9.02. The fourth-order valence-corrected chi connectivity index (χ4v) is 3.77. The average molecular weight is 395 g/mol. The number of carbonyl (C=O) groups is 1. The molecule has 0 radical (unpaired) electrons. The van der Waals surface area contributed by atoms with E-state index in [0.29, 0.717) is 6.42 Å². The SMILES string of the molecule is COc1ccc(C(NC(=O)Cc2ccc(-c3csc(C)n3)cc2)C(C)C)cc1. The van der Waals surface area contributed by atoms with Crippen molar-refractivity contribution in [1.29, 1.82) is 0 Å². The molecule has 3 aromatic rings. The van der Waals surface area contributed by atoms with Crippen LogP contribution in [0.25, 0.3) is 11.3 Å². The Labute approximate surface area is 170 Å². The molecule has 1 heterocycles. The van der Waals surface area contributed by atoms with Crippen molar-refractivity contribution in [3.05, 3.63) is 70.0 Å². The van der Waals surface area contributed by atoms with Gasteiger partial charge in [0.1, 0.15) is 5.75 Å². The molecule has 3 rings (SSSR count). The van der Waals surface area contributed by atoms with Gasteiger partial charge >= 0.3 is 0 Å². The van der Waals surface area contributed by atoms with Gasteiger partial charge in [-0.3, -0.25) is 4.79 Å². The summed E-state index contributed by atoms with van der Waals surface area (Å²) in [6.07, 6.45) is 0.357. The van der Waals surface area contributed by atoms with Crippen LogP contribution in [0, 0.1) is 12.8 Å². The number of aryl methyl sites for hydroxylation is 1. The lowest BCUT2D eigenvalue weighted by molar-refractivity contribution is -0.121. The second-order valence-electron chi connectivity index (χ2n) is 7.19. The summed E-state index contributed by atoms with van der Waals surface area (Å²) >= 11 is 1.64. The van der Waals surface area contributed by atoms with E-state index in [1.165, 1.54) is 0 Å². The third-order valence-electron chi connectivity index (χ3n) is 4.69. The molecular formula is C23H26N2O2S. The average Bonchev–Trinajstić information content (AvgIpc) is 3.13. The van der Waals surface area contributed by atoms with E-state index in [0.717, 1.165) is 33.1 Å². The molecule has 0 spiro atoms. The van der Waals surface area contributed by atoms with Crippen molar-refractivity contribution in [2.75, 3.05) is 7.11 Å². The minimum Gasteiger partial charge on any atom is -0.497 e. The summed E-state index contributed by atoms with van der Waals surface area (Å²) in [5.74, 6) is 1.12. The Morgan fingerprint density at radius 1 is 1.11 bits per heavy atom. The van der Waals surface area contributed by atoms with Crippen molar-refractivity contribution in [2.45, 2.75) is 33.2 Å². The van der Waals surface area contributed by atoms with Gasteiger partial charge in [0.25, 0.3) is 0 Å². The highest BCUT2D eigenvalue weighted by atomic mass is 32.1. The van der Waals surface area contributed by atoms with E-state index in [1.807, 2.05) is 55.5 Å². The number of thiazole rings is 1. The summed E-state index contributed by atoms with van der Waals surface area (Å²) in [5.41, 5.74) is 4.13. The fourth-order valence-electron chi connectivity index (χ4n) is 3.15. The molecule has 28 heavy (non-hydrogen) atoms. The molecule has 0 aliphatic carbocycles. The number of methoxy groups -OCH3 is 1. The highest BCUT2D eigenvalue weighted by Gasteiger charge is 2.18. The van der Waals surface area contributed by atoms with E-state index < -0.39 is 0 Å². The minimum absolute atomic E-state index is 0.0202. The summed E-state index contributed by atoms with van der Waals surface area (Å²) in [5, 5.41) is 6.29. The zero-order valence-corrected chi connectivity index (χ0v) is 17.5. The normalized spacial score (nSPS) is 12.0. The zero-order valence-electron chi connectivity index (χ0n) is 16.7. The standard InChI is InChI=1S/C23H26N2O2S/c1-15(2)23(19-9-11-20(27-4)12-10-19)25-22(26)13-17-5-7-18(8-6-17)21-14-28-16(3)24-21/h5-12,14-15,23H,13H2,1-4H3,(H,25,26). The van der Waals surface area contributed by atoms with E-state index in [2.05, 4.69) is 29.5 Å². The maximum atomic E-state index is 12.6. The molecule has 0 saturated carbocycles. The molecule has 0 saturated heterocycles. The number of carbonyl (C=O) groups excluding carboxylic acids is 1. The smallest absolute Gasteiger partial charge is 0.224 e. The highest BCUT2D eigenvalue weighted by molar-refractivity contribution is 7.09. The monoisotopic (exact) mass is 394 g/mol. The molecule has 1 N–H and O–H groups in total. The molecule has 1 aromatic heterocycles. The molecular weight excluding hydrogens is 368 g/mol. The summed E-state index contributed by atoms with van der Waals surface area (Å²) in [6, 6.07) is 15.9. The number of rotatable bonds is 7. The van der Waals surface area contributed by atoms with Gasteiger partial charge in [0.05, 0.1) is 30.3 Å². The predicted octanol–water partition coefficient (Wildman–Crippen LogP) is 5.18. The van der Waals surface area contributed by atoms with Gasteiger partial charge in [0.15, 0.2) is 0 Å². The lowest BCUT2D eigenvalue weighted by atomic mass is 9.95. The van der Waals surface area contributed by atoms with Gasteiger partial charge < -0.3 is 10.1 Å². The van der Waals surface area contributed by atoms with Crippen LogP contribution in [0.3, 0.4) is 0 Å². The van der Waals surface area contributed by atoms with Crippen LogP contribution in [-0.4, -0.2) is 18.0 Å². The number of nitrogens with zero attached hydrogens (tertiary/aromatic N) is 1. The van der Waals surface area contributed by atoms with Crippen molar-refractivity contribution in [3.8, 4) is 17.0 Å². The van der Waals surface area contributed by atoms with Crippen molar-refractivity contribution in [2.24, 2.45) is 5.92 Å². The van der Waals surface area contributed by atoms with E-state index >= 15 is 0 Å². The Balaban J connectivity index is 1.65. The summed E-state index contributed by atoms with van der Waals surface area (Å²) in [7, 11) is 1.65. The van der Waals surface area contributed by atoms with E-state index in [4.69, 9.17) is 4.74 Å². The lowest BCUT2D eigenvalue weighted by Gasteiger charge is -2.23. The third-order valence-corrected chi connectivity index (χ3v) is 5.46. The van der Waals surface area contributed by atoms with Crippen LogP contribution in [0.2, 0.25) is 0 Å². The Morgan fingerprint density at radius 2 is 1.79 bits per heavy atom. The quantitative estimate of drug-likeness (QED) is 0.600. The second-order valence-corrected chi connectivity index (χ2v) is 8.25. The number of nitrogens with one attached hydrogen (secondary N) is 1. The number of amides is 1. The van der Waals surface area contributed by atoms with Crippen molar-refractivity contribution in [3.63, 3.8) is 0 Å². The molecule has 0 aliphatic rings. The molecule has 0 aliphatic heterocycles. The number of hydrogen-bond acceptors (Lipinski definition) is 4. The van der Waals surface area contributed by atoms with Gasteiger partial charge in [-0.2, -0.15) is 0 Å². The van der Waals surface area contributed by atoms with Crippen molar-refractivity contribution >= 4 is 17.2 Å². The highest BCUT2D eigenvalue weighted by Crippen LogP contribution is 2.25. The van der Waals surface area contributed by atoms with Crippen LogP contribution >= 0.6 is 11.3 Å². The van der Waals surface area contributed by atoms with Gasteiger partial charge in [-0.25, -0.2) is 4.98 Å². The Kier molecular flexibility index (Phi) is 6.47. The largest absolute Gasteiger partial charge is 0.497 e. The van der Waals surface area contributed by atoms with Gasteiger partial charge in [0.2, 0.25) is 5.91 Å². The first kappa shape index (κ1) is 20.1. The van der Waals surface area contributed by atoms with Crippen LogP contribution < -0.4 is 10.1 Å². The van der Waals surface area contributed by atoms with Gasteiger partial charge in [0, 0.05) is 10.9 Å². The van der Waals surface area contributed by atoms with Gasteiger partial charge in [-0.05, 0) is 36.1 Å². The number of aromatic nitrogens is 1. The molecule has 1 atom stereocenters. The Bertz CT molecular complexity index is 915. The van der Waals surface area contributed by atoms with Crippen LogP contribution in [0.4, 0.5) is 0 Å². The maximum absolute atomic E-state index is 12.6. The van der Waals surface area contributed by atoms with Crippen LogP contribution in [-0.2, 0) is 11.2 Å².